The summed E-state index contributed by atoms with van der Waals surface area (Å²) in [6.07, 6.45) is 8.68. The van der Waals surface area contributed by atoms with Gasteiger partial charge in [0, 0.05) is 41.6 Å². The van der Waals surface area contributed by atoms with E-state index in [1.807, 2.05) is 24.3 Å². The van der Waals surface area contributed by atoms with Gasteiger partial charge >= 0.3 is 0 Å². The van der Waals surface area contributed by atoms with E-state index in [1.54, 1.807) is 18.5 Å². The van der Waals surface area contributed by atoms with Crippen molar-refractivity contribution in [3.8, 4) is 11.3 Å². The smallest absolute Gasteiger partial charge is 0.257 e. The highest BCUT2D eigenvalue weighted by Gasteiger charge is 2.16. The summed E-state index contributed by atoms with van der Waals surface area (Å²) < 4.78 is 2.99. The second-order valence-corrected chi connectivity index (χ2v) is 7.00. The number of carbonyl (C=O) groups excluding carboxylic acids is 1. The Labute approximate surface area is 154 Å². The number of hydrogen-bond acceptors (Lipinski definition) is 3. The van der Waals surface area contributed by atoms with Gasteiger partial charge in [0.25, 0.3) is 5.91 Å². The number of nitrogens with one attached hydrogen (secondary N) is 1. The molecule has 4 rings (SSSR count). The molecule has 0 radical (unpaired) electrons. The molecule has 1 amide bonds. The average Bonchev–Trinajstić information content (AvgIpc) is 3.06. The second-order valence-electron chi connectivity index (χ2n) is 6.08. The molecule has 6 heteroatoms. The van der Waals surface area contributed by atoms with Crippen LogP contribution in [0.25, 0.3) is 11.3 Å². The molecule has 1 aliphatic heterocycles. The van der Waals surface area contributed by atoms with Crippen molar-refractivity contribution < 1.29 is 4.79 Å². The zero-order chi connectivity index (χ0) is 17.2. The summed E-state index contributed by atoms with van der Waals surface area (Å²) in [4.78, 5) is 21.4. The molecule has 126 valence electrons. The monoisotopic (exact) mass is 396 g/mol. The van der Waals surface area contributed by atoms with Gasteiger partial charge in [-0.05, 0) is 40.9 Å². The number of carbonyl (C=O) groups is 1. The molecule has 2 aromatic heterocycles. The zero-order valence-electron chi connectivity index (χ0n) is 13.6. The molecule has 0 saturated carbocycles. The fourth-order valence-electron chi connectivity index (χ4n) is 3.09. The fraction of sp³-hybridized carbons (Fsp3) is 0.211. The van der Waals surface area contributed by atoms with E-state index in [-0.39, 0.29) is 5.91 Å². The van der Waals surface area contributed by atoms with Crippen LogP contribution in [0.5, 0.6) is 0 Å². The molecule has 0 spiro atoms. The Bertz CT molecular complexity index is 911. The number of rotatable bonds is 3. The molecule has 0 aliphatic carbocycles. The number of benzene rings is 1. The van der Waals surface area contributed by atoms with Crippen molar-refractivity contribution in [2.24, 2.45) is 0 Å². The van der Waals surface area contributed by atoms with Crippen LogP contribution in [-0.4, -0.2) is 20.4 Å². The number of para-hydroxylation sites is 1. The summed E-state index contributed by atoms with van der Waals surface area (Å²) >= 11 is 3.34. The normalized spacial score (nSPS) is 13.3. The maximum Gasteiger partial charge on any atom is 0.257 e. The van der Waals surface area contributed by atoms with Crippen molar-refractivity contribution in [3.05, 3.63) is 64.8 Å². The molecule has 3 aromatic rings. The molecule has 1 aromatic carbocycles. The molecule has 0 atom stereocenters. The largest absolute Gasteiger partial charge is 0.334 e. The number of aryl methyl sites for hydroxylation is 2. The van der Waals surface area contributed by atoms with Crippen LogP contribution in [0.15, 0.2) is 53.4 Å². The van der Waals surface area contributed by atoms with Crippen LogP contribution in [0.2, 0.25) is 0 Å². The number of imidazole rings is 1. The van der Waals surface area contributed by atoms with E-state index in [9.17, 15) is 4.79 Å². The Morgan fingerprint density at radius 1 is 1.20 bits per heavy atom. The number of fused-ring (bicyclic) bond motifs is 1. The number of aromatic nitrogens is 3. The van der Waals surface area contributed by atoms with Gasteiger partial charge in [0.05, 0.1) is 16.9 Å². The van der Waals surface area contributed by atoms with Crippen molar-refractivity contribution in [1.82, 2.24) is 14.5 Å². The molecule has 0 saturated heterocycles. The fourth-order valence-corrected chi connectivity index (χ4v) is 3.45. The SMILES string of the molecule is O=C(Nc1ccccc1-c1cn2c(n1)CCCC2)c1cncc(Br)c1. The van der Waals surface area contributed by atoms with Crippen molar-refractivity contribution in [2.75, 3.05) is 5.32 Å². The maximum atomic E-state index is 12.5. The topological polar surface area (TPSA) is 59.8 Å². The first kappa shape index (κ1) is 16.0. The van der Waals surface area contributed by atoms with Gasteiger partial charge in [0.15, 0.2) is 0 Å². The van der Waals surface area contributed by atoms with Crippen LogP contribution in [0.4, 0.5) is 5.69 Å². The van der Waals surface area contributed by atoms with Gasteiger partial charge in [-0.2, -0.15) is 0 Å². The minimum Gasteiger partial charge on any atom is -0.334 e. The van der Waals surface area contributed by atoms with Gasteiger partial charge in [-0.25, -0.2) is 4.98 Å². The molecule has 1 aliphatic rings. The Balaban J connectivity index is 1.65. The van der Waals surface area contributed by atoms with Gasteiger partial charge in [-0.1, -0.05) is 18.2 Å². The molecular weight excluding hydrogens is 380 g/mol. The number of hydrogen-bond donors (Lipinski definition) is 1. The lowest BCUT2D eigenvalue weighted by atomic mass is 10.1. The van der Waals surface area contributed by atoms with Crippen LogP contribution in [-0.2, 0) is 13.0 Å². The van der Waals surface area contributed by atoms with Crippen molar-refractivity contribution in [1.29, 1.82) is 0 Å². The third-order valence-electron chi connectivity index (χ3n) is 4.33. The highest BCUT2D eigenvalue weighted by atomic mass is 79.9. The van der Waals surface area contributed by atoms with Gasteiger partial charge in [-0.15, -0.1) is 0 Å². The van der Waals surface area contributed by atoms with E-state index in [1.165, 1.54) is 12.8 Å². The van der Waals surface area contributed by atoms with E-state index >= 15 is 0 Å². The number of amides is 1. The second kappa shape index (κ2) is 6.80. The number of halogens is 1. The van der Waals surface area contributed by atoms with Gasteiger partial charge in [-0.3, -0.25) is 9.78 Å². The zero-order valence-corrected chi connectivity index (χ0v) is 15.2. The highest BCUT2D eigenvalue weighted by molar-refractivity contribution is 9.10. The number of anilines is 1. The van der Waals surface area contributed by atoms with Crippen molar-refractivity contribution in [3.63, 3.8) is 0 Å². The van der Waals surface area contributed by atoms with Crippen molar-refractivity contribution >= 4 is 27.5 Å². The molecule has 0 fully saturated rings. The summed E-state index contributed by atoms with van der Waals surface area (Å²) in [6.45, 7) is 1.01. The summed E-state index contributed by atoms with van der Waals surface area (Å²) in [5.41, 5.74) is 3.09. The Morgan fingerprint density at radius 2 is 2.08 bits per heavy atom. The lowest BCUT2D eigenvalue weighted by molar-refractivity contribution is 0.102. The predicted molar refractivity (Wildman–Crippen MR) is 100 cm³/mol. The standard InChI is InChI=1S/C19H17BrN4O/c20-14-9-13(10-21-11-14)19(25)23-16-6-2-1-5-15(16)17-12-24-8-4-3-7-18(24)22-17/h1-2,5-6,9-12H,3-4,7-8H2,(H,23,25). The van der Waals surface area contributed by atoms with Gasteiger partial charge in [0.2, 0.25) is 0 Å². The summed E-state index contributed by atoms with van der Waals surface area (Å²) in [7, 11) is 0. The highest BCUT2D eigenvalue weighted by Crippen LogP contribution is 2.29. The molecule has 5 nitrogen and oxygen atoms in total. The third kappa shape index (κ3) is 3.35. The van der Waals surface area contributed by atoms with Crippen molar-refractivity contribution in [2.45, 2.75) is 25.8 Å². The molecule has 1 N–H and O–H groups in total. The predicted octanol–water partition coefficient (Wildman–Crippen LogP) is 4.30. The molecule has 0 bridgehead atoms. The van der Waals surface area contributed by atoms with Crippen LogP contribution in [0.3, 0.4) is 0 Å². The molecule has 3 heterocycles. The van der Waals surface area contributed by atoms with Crippen LogP contribution >= 0.6 is 15.9 Å². The summed E-state index contributed by atoms with van der Waals surface area (Å²) in [6, 6.07) is 9.51. The van der Waals surface area contributed by atoms with E-state index in [4.69, 9.17) is 4.98 Å². The van der Waals surface area contributed by atoms with Crippen LogP contribution < -0.4 is 5.32 Å². The number of nitrogens with zero attached hydrogens (tertiary/aromatic N) is 3. The Kier molecular flexibility index (Phi) is 4.36. The van der Waals surface area contributed by atoms with E-state index in [0.29, 0.717) is 5.56 Å². The first-order valence-electron chi connectivity index (χ1n) is 8.28. The lowest BCUT2D eigenvalue weighted by Crippen LogP contribution is -2.13. The first-order valence-corrected chi connectivity index (χ1v) is 9.07. The van der Waals surface area contributed by atoms with Crippen LogP contribution in [0.1, 0.15) is 29.0 Å². The minimum atomic E-state index is -0.190. The Hall–Kier alpha value is -2.47. The molecular formula is C19H17BrN4O. The summed E-state index contributed by atoms with van der Waals surface area (Å²) in [5.74, 6) is 0.934. The molecule has 0 unspecified atom stereocenters. The third-order valence-corrected chi connectivity index (χ3v) is 4.76. The van der Waals surface area contributed by atoms with E-state index < -0.39 is 0 Å². The van der Waals surface area contributed by atoms with Gasteiger partial charge in [0.1, 0.15) is 5.82 Å². The van der Waals surface area contributed by atoms with Crippen LogP contribution in [0, 0.1) is 0 Å². The van der Waals surface area contributed by atoms with E-state index in [0.717, 1.165) is 40.2 Å². The Morgan fingerprint density at radius 3 is 2.92 bits per heavy atom. The molecule has 25 heavy (non-hydrogen) atoms. The quantitative estimate of drug-likeness (QED) is 0.717. The average molecular weight is 397 g/mol. The maximum absolute atomic E-state index is 12.5. The number of pyridine rings is 1. The summed E-state index contributed by atoms with van der Waals surface area (Å²) in [5, 5.41) is 2.98. The van der Waals surface area contributed by atoms with E-state index in [2.05, 4.69) is 37.0 Å². The lowest BCUT2D eigenvalue weighted by Gasteiger charge is -2.11. The minimum absolute atomic E-state index is 0.190. The van der Waals surface area contributed by atoms with Gasteiger partial charge < -0.3 is 9.88 Å². The first-order chi connectivity index (χ1) is 12.2.